The number of methoxy groups -OCH3 is 1. The Morgan fingerprint density at radius 3 is 3.00 bits per heavy atom. The van der Waals surface area contributed by atoms with Crippen LogP contribution in [0.1, 0.15) is 18.4 Å². The molecule has 0 bridgehead atoms. The summed E-state index contributed by atoms with van der Waals surface area (Å²) in [5, 5.41) is 8.15. The van der Waals surface area contributed by atoms with E-state index in [0.29, 0.717) is 19.2 Å². The van der Waals surface area contributed by atoms with E-state index in [1.807, 2.05) is 6.07 Å². The standard InChI is InChI=1S/C11H18N4O/c1-16-7-6-15(10-2-3-10)11-9(8-12)4-5-13-14-11/h4-5,10H,2-3,6-8,12H2,1H3. The molecule has 1 aliphatic carbocycles. The Labute approximate surface area is 95.6 Å². The highest BCUT2D eigenvalue weighted by atomic mass is 16.5. The largest absolute Gasteiger partial charge is 0.383 e. The van der Waals surface area contributed by atoms with Gasteiger partial charge in [-0.25, -0.2) is 0 Å². The fraction of sp³-hybridized carbons (Fsp3) is 0.636. The lowest BCUT2D eigenvalue weighted by atomic mass is 10.2. The second-order valence-corrected chi connectivity index (χ2v) is 4.00. The smallest absolute Gasteiger partial charge is 0.156 e. The Hall–Kier alpha value is -1.20. The average Bonchev–Trinajstić information content (AvgIpc) is 3.14. The molecule has 16 heavy (non-hydrogen) atoms. The molecule has 0 atom stereocenters. The molecule has 1 heterocycles. The second-order valence-electron chi connectivity index (χ2n) is 4.00. The maximum Gasteiger partial charge on any atom is 0.156 e. The first-order chi connectivity index (χ1) is 7.86. The van der Waals surface area contributed by atoms with Gasteiger partial charge in [0, 0.05) is 31.8 Å². The number of nitrogens with zero attached hydrogens (tertiary/aromatic N) is 3. The normalized spacial score (nSPS) is 15.1. The van der Waals surface area contributed by atoms with Gasteiger partial charge in [0.15, 0.2) is 5.82 Å². The highest BCUT2D eigenvalue weighted by Crippen LogP contribution is 2.31. The van der Waals surface area contributed by atoms with Crippen molar-refractivity contribution in [2.24, 2.45) is 5.73 Å². The van der Waals surface area contributed by atoms with E-state index in [1.165, 1.54) is 12.8 Å². The van der Waals surface area contributed by atoms with Gasteiger partial charge in [-0.05, 0) is 18.9 Å². The van der Waals surface area contributed by atoms with Crippen molar-refractivity contribution in [3.63, 3.8) is 0 Å². The number of anilines is 1. The summed E-state index contributed by atoms with van der Waals surface area (Å²) in [6, 6.07) is 2.53. The molecule has 0 amide bonds. The predicted octanol–water partition coefficient (Wildman–Crippen LogP) is 0.551. The summed E-state index contributed by atoms with van der Waals surface area (Å²) in [5.41, 5.74) is 6.77. The predicted molar refractivity (Wildman–Crippen MR) is 62.2 cm³/mol. The molecule has 1 aromatic rings. The van der Waals surface area contributed by atoms with E-state index in [-0.39, 0.29) is 0 Å². The Kier molecular flexibility index (Phi) is 3.69. The Bertz CT molecular complexity index is 341. The lowest BCUT2D eigenvalue weighted by Gasteiger charge is -2.24. The van der Waals surface area contributed by atoms with Gasteiger partial charge in [0.1, 0.15) is 0 Å². The molecule has 2 N–H and O–H groups in total. The molecule has 0 spiro atoms. The van der Waals surface area contributed by atoms with E-state index < -0.39 is 0 Å². The third kappa shape index (κ3) is 2.48. The van der Waals surface area contributed by atoms with E-state index >= 15 is 0 Å². The zero-order valence-electron chi connectivity index (χ0n) is 9.59. The van der Waals surface area contributed by atoms with Crippen LogP contribution in [-0.4, -0.2) is 36.5 Å². The van der Waals surface area contributed by atoms with Crippen molar-refractivity contribution in [3.8, 4) is 0 Å². The topological polar surface area (TPSA) is 64.3 Å². The minimum absolute atomic E-state index is 0.501. The van der Waals surface area contributed by atoms with Crippen LogP contribution in [0.3, 0.4) is 0 Å². The fourth-order valence-electron chi connectivity index (χ4n) is 1.79. The maximum atomic E-state index is 5.71. The summed E-state index contributed by atoms with van der Waals surface area (Å²) < 4.78 is 5.12. The van der Waals surface area contributed by atoms with Crippen LogP contribution in [0.2, 0.25) is 0 Å². The van der Waals surface area contributed by atoms with Gasteiger partial charge in [0.05, 0.1) is 12.8 Å². The van der Waals surface area contributed by atoms with E-state index in [2.05, 4.69) is 15.1 Å². The monoisotopic (exact) mass is 222 g/mol. The molecule has 1 aliphatic rings. The highest BCUT2D eigenvalue weighted by molar-refractivity contribution is 5.47. The Balaban J connectivity index is 2.16. The summed E-state index contributed by atoms with van der Waals surface area (Å²) in [5.74, 6) is 0.921. The lowest BCUT2D eigenvalue weighted by molar-refractivity contribution is 0.204. The minimum Gasteiger partial charge on any atom is -0.383 e. The SMILES string of the molecule is COCCN(c1nnccc1CN)C1CC1. The molecule has 1 fully saturated rings. The molecule has 2 rings (SSSR count). The summed E-state index contributed by atoms with van der Waals surface area (Å²) in [6.07, 6.45) is 4.14. The number of hydrogen-bond acceptors (Lipinski definition) is 5. The summed E-state index contributed by atoms with van der Waals surface area (Å²) in [4.78, 5) is 2.26. The van der Waals surface area contributed by atoms with Crippen molar-refractivity contribution < 1.29 is 4.74 Å². The van der Waals surface area contributed by atoms with Crippen LogP contribution < -0.4 is 10.6 Å². The van der Waals surface area contributed by atoms with Gasteiger partial charge < -0.3 is 15.4 Å². The zero-order chi connectivity index (χ0) is 11.4. The molecule has 5 nitrogen and oxygen atoms in total. The number of aromatic nitrogens is 2. The van der Waals surface area contributed by atoms with Gasteiger partial charge >= 0.3 is 0 Å². The summed E-state index contributed by atoms with van der Waals surface area (Å²) >= 11 is 0. The van der Waals surface area contributed by atoms with Crippen LogP contribution in [0.15, 0.2) is 12.3 Å². The molecule has 0 unspecified atom stereocenters. The van der Waals surface area contributed by atoms with E-state index in [9.17, 15) is 0 Å². The van der Waals surface area contributed by atoms with Crippen LogP contribution in [0.25, 0.3) is 0 Å². The van der Waals surface area contributed by atoms with E-state index in [0.717, 1.165) is 17.9 Å². The number of nitrogens with two attached hydrogens (primary N) is 1. The van der Waals surface area contributed by atoms with Crippen LogP contribution >= 0.6 is 0 Å². The average molecular weight is 222 g/mol. The van der Waals surface area contributed by atoms with Crippen LogP contribution in [-0.2, 0) is 11.3 Å². The summed E-state index contributed by atoms with van der Waals surface area (Å²) in [7, 11) is 1.71. The zero-order valence-corrected chi connectivity index (χ0v) is 9.59. The first-order valence-electron chi connectivity index (χ1n) is 5.63. The molecule has 0 radical (unpaired) electrons. The van der Waals surface area contributed by atoms with Gasteiger partial charge in [-0.2, -0.15) is 5.10 Å². The third-order valence-corrected chi connectivity index (χ3v) is 2.80. The van der Waals surface area contributed by atoms with Crippen molar-refractivity contribution in [2.75, 3.05) is 25.2 Å². The highest BCUT2D eigenvalue weighted by Gasteiger charge is 2.30. The molecule has 1 saturated carbocycles. The molecule has 5 heteroatoms. The van der Waals surface area contributed by atoms with E-state index in [4.69, 9.17) is 10.5 Å². The number of rotatable bonds is 6. The van der Waals surface area contributed by atoms with Crippen LogP contribution in [0.4, 0.5) is 5.82 Å². The summed E-state index contributed by atoms with van der Waals surface area (Å²) in [6.45, 7) is 2.06. The van der Waals surface area contributed by atoms with Gasteiger partial charge in [-0.15, -0.1) is 5.10 Å². The Morgan fingerprint density at radius 2 is 2.38 bits per heavy atom. The molecule has 1 aromatic heterocycles. The molecule has 0 aliphatic heterocycles. The third-order valence-electron chi connectivity index (χ3n) is 2.80. The quantitative estimate of drug-likeness (QED) is 0.761. The first kappa shape index (κ1) is 11.3. The molecule has 0 saturated heterocycles. The van der Waals surface area contributed by atoms with Crippen molar-refractivity contribution in [3.05, 3.63) is 17.8 Å². The van der Waals surface area contributed by atoms with Crippen molar-refractivity contribution in [1.29, 1.82) is 0 Å². The van der Waals surface area contributed by atoms with Gasteiger partial charge in [0.2, 0.25) is 0 Å². The molecular formula is C11H18N4O. The van der Waals surface area contributed by atoms with Gasteiger partial charge in [0.25, 0.3) is 0 Å². The molecular weight excluding hydrogens is 204 g/mol. The minimum atomic E-state index is 0.501. The molecule has 0 aromatic carbocycles. The van der Waals surface area contributed by atoms with Gasteiger partial charge in [-0.3, -0.25) is 0 Å². The first-order valence-corrected chi connectivity index (χ1v) is 5.63. The number of hydrogen-bond donors (Lipinski definition) is 1. The number of ether oxygens (including phenoxy) is 1. The second kappa shape index (κ2) is 5.23. The van der Waals surface area contributed by atoms with Crippen molar-refractivity contribution >= 4 is 5.82 Å². The molecule has 88 valence electrons. The van der Waals surface area contributed by atoms with Crippen molar-refractivity contribution in [2.45, 2.75) is 25.4 Å². The van der Waals surface area contributed by atoms with Crippen LogP contribution in [0.5, 0.6) is 0 Å². The Morgan fingerprint density at radius 1 is 1.56 bits per heavy atom. The maximum absolute atomic E-state index is 5.71. The lowest BCUT2D eigenvalue weighted by Crippen LogP contribution is -2.31. The van der Waals surface area contributed by atoms with Crippen LogP contribution in [0, 0.1) is 0 Å². The van der Waals surface area contributed by atoms with Gasteiger partial charge in [-0.1, -0.05) is 0 Å². The van der Waals surface area contributed by atoms with Crippen molar-refractivity contribution in [1.82, 2.24) is 10.2 Å². The van der Waals surface area contributed by atoms with E-state index in [1.54, 1.807) is 13.3 Å². The fourth-order valence-corrected chi connectivity index (χ4v) is 1.79.